The molecule has 0 unspecified atom stereocenters. The molecule has 4 atom stereocenters. The molecule has 2 aliphatic rings. The van der Waals surface area contributed by atoms with Gasteiger partial charge in [-0.1, -0.05) is 6.92 Å². The van der Waals surface area contributed by atoms with Crippen LogP contribution in [-0.2, 0) is 14.3 Å². The summed E-state index contributed by atoms with van der Waals surface area (Å²) < 4.78 is 11.0. The molecule has 0 saturated carbocycles. The molecule has 0 N–H and O–H groups in total. The van der Waals surface area contributed by atoms with Gasteiger partial charge in [0, 0.05) is 18.5 Å². The van der Waals surface area contributed by atoms with Crippen LogP contribution in [0.3, 0.4) is 0 Å². The first kappa shape index (κ1) is 12.8. The Balaban J connectivity index is 2.15. The Bertz CT molecular complexity index is 333. The highest BCUT2D eigenvalue weighted by Gasteiger charge is 2.75. The molecule has 2 fully saturated rings. The number of hydrogen-bond acceptors (Lipinski definition) is 4. The highest BCUT2D eigenvalue weighted by Crippen LogP contribution is 2.58. The van der Waals surface area contributed by atoms with E-state index in [1.54, 1.807) is 0 Å². The smallest absolute Gasteiger partial charge is 0.341 e. The van der Waals surface area contributed by atoms with Crippen molar-refractivity contribution < 1.29 is 14.3 Å². The number of rotatable bonds is 2. The van der Waals surface area contributed by atoms with E-state index < -0.39 is 5.60 Å². The van der Waals surface area contributed by atoms with E-state index in [4.69, 9.17) is 9.47 Å². The molecule has 2 heterocycles. The molecule has 1 spiro atoms. The molecular formula is C13H23NO3. The van der Waals surface area contributed by atoms with Crippen LogP contribution >= 0.6 is 0 Å². The lowest BCUT2D eigenvalue weighted by atomic mass is 9.76. The van der Waals surface area contributed by atoms with Crippen molar-refractivity contribution in [3.63, 3.8) is 0 Å². The second-order valence-electron chi connectivity index (χ2n) is 5.64. The summed E-state index contributed by atoms with van der Waals surface area (Å²) in [4.78, 5) is 14.3. The van der Waals surface area contributed by atoms with Gasteiger partial charge in [0.25, 0.3) is 0 Å². The minimum absolute atomic E-state index is 0.205. The van der Waals surface area contributed by atoms with Crippen LogP contribution in [0.2, 0.25) is 0 Å². The zero-order valence-electron chi connectivity index (χ0n) is 11.4. The molecule has 0 aromatic carbocycles. The Labute approximate surface area is 103 Å². The molecule has 0 radical (unpaired) electrons. The summed E-state index contributed by atoms with van der Waals surface area (Å²) in [6.45, 7) is 9.43. The maximum absolute atomic E-state index is 12.0. The van der Waals surface area contributed by atoms with Gasteiger partial charge in [0.1, 0.15) is 5.60 Å². The number of esters is 1. The van der Waals surface area contributed by atoms with E-state index >= 15 is 0 Å². The van der Waals surface area contributed by atoms with Gasteiger partial charge >= 0.3 is 5.97 Å². The standard InChI is InChI=1S/C13H23NO3/c1-6-16-11(15)12(4)13(17-12)7-10(3)14(5)8-9(13)2/h9-10H,6-8H2,1-5H3/t9-,10+,12+,13+/m1/s1. The van der Waals surface area contributed by atoms with E-state index in [0.717, 1.165) is 13.0 Å². The quantitative estimate of drug-likeness (QED) is 0.542. The largest absolute Gasteiger partial charge is 0.464 e. The predicted octanol–water partition coefficient (Wildman–Crippen LogP) is 1.44. The number of ether oxygens (including phenoxy) is 2. The van der Waals surface area contributed by atoms with E-state index in [9.17, 15) is 4.79 Å². The van der Waals surface area contributed by atoms with Crippen molar-refractivity contribution in [2.24, 2.45) is 5.92 Å². The fraction of sp³-hybridized carbons (Fsp3) is 0.923. The summed E-state index contributed by atoms with van der Waals surface area (Å²) in [6, 6.07) is 0.447. The maximum atomic E-state index is 12.0. The van der Waals surface area contributed by atoms with E-state index in [2.05, 4.69) is 25.8 Å². The van der Waals surface area contributed by atoms with Crippen molar-refractivity contribution in [1.82, 2.24) is 4.90 Å². The predicted molar refractivity (Wildman–Crippen MR) is 64.7 cm³/mol. The van der Waals surface area contributed by atoms with Gasteiger partial charge in [-0.2, -0.15) is 0 Å². The summed E-state index contributed by atoms with van der Waals surface area (Å²) in [6.07, 6.45) is 0.903. The van der Waals surface area contributed by atoms with Crippen molar-refractivity contribution in [3.05, 3.63) is 0 Å². The molecule has 98 valence electrons. The van der Waals surface area contributed by atoms with Crippen LogP contribution < -0.4 is 0 Å². The molecule has 4 heteroatoms. The molecule has 2 rings (SSSR count). The molecule has 0 aromatic heterocycles. The molecule has 2 aliphatic heterocycles. The molecule has 0 aliphatic carbocycles. The Morgan fingerprint density at radius 1 is 1.53 bits per heavy atom. The monoisotopic (exact) mass is 241 g/mol. The van der Waals surface area contributed by atoms with E-state index in [-0.39, 0.29) is 11.6 Å². The first-order chi connectivity index (χ1) is 7.87. The van der Waals surface area contributed by atoms with E-state index in [0.29, 0.717) is 18.6 Å². The zero-order valence-corrected chi connectivity index (χ0v) is 11.4. The summed E-state index contributed by atoms with van der Waals surface area (Å²) in [7, 11) is 2.12. The van der Waals surface area contributed by atoms with Crippen LogP contribution in [0.5, 0.6) is 0 Å². The van der Waals surface area contributed by atoms with Crippen LogP contribution in [0.25, 0.3) is 0 Å². The Kier molecular flexibility index (Phi) is 2.99. The zero-order chi connectivity index (χ0) is 12.8. The number of carbonyl (C=O) groups excluding carboxylic acids is 1. The third kappa shape index (κ3) is 1.69. The topological polar surface area (TPSA) is 42.1 Å². The van der Waals surface area contributed by atoms with Crippen LogP contribution in [0, 0.1) is 5.92 Å². The average molecular weight is 241 g/mol. The minimum Gasteiger partial charge on any atom is -0.464 e. The van der Waals surface area contributed by atoms with Gasteiger partial charge in [0.05, 0.1) is 6.61 Å². The van der Waals surface area contributed by atoms with Crippen molar-refractivity contribution in [2.75, 3.05) is 20.2 Å². The lowest BCUT2D eigenvalue weighted by Gasteiger charge is -2.39. The molecular weight excluding hydrogens is 218 g/mol. The summed E-state index contributed by atoms with van der Waals surface area (Å²) in [5.74, 6) is 0.154. The Morgan fingerprint density at radius 2 is 2.18 bits per heavy atom. The van der Waals surface area contributed by atoms with Gasteiger partial charge in [-0.05, 0) is 34.2 Å². The number of hydrogen-bond donors (Lipinski definition) is 0. The highest BCUT2D eigenvalue weighted by atomic mass is 16.7. The summed E-state index contributed by atoms with van der Waals surface area (Å²) >= 11 is 0. The van der Waals surface area contributed by atoms with Gasteiger partial charge in [0.2, 0.25) is 0 Å². The number of nitrogens with zero attached hydrogens (tertiary/aromatic N) is 1. The van der Waals surface area contributed by atoms with Gasteiger partial charge in [-0.15, -0.1) is 0 Å². The first-order valence-corrected chi connectivity index (χ1v) is 6.45. The highest BCUT2D eigenvalue weighted by molar-refractivity contribution is 5.84. The lowest BCUT2D eigenvalue weighted by Crippen LogP contribution is -2.51. The maximum Gasteiger partial charge on any atom is 0.341 e. The van der Waals surface area contributed by atoms with Gasteiger partial charge in [0.15, 0.2) is 5.60 Å². The fourth-order valence-electron chi connectivity index (χ4n) is 3.18. The van der Waals surface area contributed by atoms with Crippen LogP contribution in [0.1, 0.15) is 34.1 Å². The van der Waals surface area contributed by atoms with Crippen molar-refractivity contribution in [3.8, 4) is 0 Å². The average Bonchev–Trinajstić information content (AvgIpc) is 2.85. The SMILES string of the molecule is CCOC(=O)[C@]1(C)O[C@]12C[C@H](C)N(C)C[C@H]2C. The van der Waals surface area contributed by atoms with Crippen LogP contribution in [0.15, 0.2) is 0 Å². The van der Waals surface area contributed by atoms with E-state index in [1.165, 1.54) is 0 Å². The molecule has 2 saturated heterocycles. The van der Waals surface area contributed by atoms with E-state index in [1.807, 2.05) is 13.8 Å². The third-order valence-corrected chi connectivity index (χ3v) is 4.53. The second-order valence-corrected chi connectivity index (χ2v) is 5.64. The number of carbonyl (C=O) groups is 1. The second kappa shape index (κ2) is 3.95. The number of epoxide rings is 1. The lowest BCUT2D eigenvalue weighted by molar-refractivity contribution is -0.149. The van der Waals surface area contributed by atoms with Crippen LogP contribution in [0.4, 0.5) is 0 Å². The van der Waals surface area contributed by atoms with Crippen molar-refractivity contribution >= 4 is 5.97 Å². The Morgan fingerprint density at radius 3 is 2.76 bits per heavy atom. The summed E-state index contributed by atoms with van der Waals surface area (Å²) in [5, 5.41) is 0. The molecule has 17 heavy (non-hydrogen) atoms. The minimum atomic E-state index is -0.724. The molecule has 0 bridgehead atoms. The molecule has 4 nitrogen and oxygen atoms in total. The van der Waals surface area contributed by atoms with Crippen molar-refractivity contribution in [2.45, 2.75) is 51.4 Å². The van der Waals surface area contributed by atoms with Gasteiger partial charge in [-0.25, -0.2) is 4.79 Å². The van der Waals surface area contributed by atoms with Gasteiger partial charge in [-0.3, -0.25) is 0 Å². The normalized spacial score (nSPS) is 45.9. The molecule has 0 amide bonds. The first-order valence-electron chi connectivity index (χ1n) is 6.45. The van der Waals surface area contributed by atoms with Crippen molar-refractivity contribution in [1.29, 1.82) is 0 Å². The fourth-order valence-corrected chi connectivity index (χ4v) is 3.18. The van der Waals surface area contributed by atoms with Crippen LogP contribution in [-0.4, -0.2) is 48.3 Å². The summed E-state index contributed by atoms with van der Waals surface area (Å²) in [5.41, 5.74) is -1.02. The van der Waals surface area contributed by atoms with Gasteiger partial charge < -0.3 is 14.4 Å². The number of likely N-dealkylation sites (tertiary alicyclic amines) is 1. The molecule has 0 aromatic rings. The Hall–Kier alpha value is -0.610. The number of piperidine rings is 1. The third-order valence-electron chi connectivity index (χ3n) is 4.53.